The van der Waals surface area contributed by atoms with Crippen molar-refractivity contribution in [1.29, 1.82) is 0 Å². The average molecular weight is 285 g/mol. The fourth-order valence-electron chi connectivity index (χ4n) is 0.840. The van der Waals surface area contributed by atoms with E-state index < -0.39 is 0 Å². The van der Waals surface area contributed by atoms with Gasteiger partial charge < -0.3 is 0 Å². The summed E-state index contributed by atoms with van der Waals surface area (Å²) in [5.74, 6) is 0. The fourth-order valence-corrected chi connectivity index (χ4v) is 1.25. The van der Waals surface area contributed by atoms with Gasteiger partial charge in [0.25, 0.3) is 0 Å². The van der Waals surface area contributed by atoms with Crippen LogP contribution < -0.4 is 5.32 Å². The van der Waals surface area contributed by atoms with E-state index >= 15 is 0 Å². The molecule has 0 atom stereocenters. The van der Waals surface area contributed by atoms with E-state index in [1.807, 2.05) is 30.3 Å². The van der Waals surface area contributed by atoms with E-state index in [0.717, 1.165) is 32.6 Å². The summed E-state index contributed by atoms with van der Waals surface area (Å²) in [5, 5.41) is 2.63. The Labute approximate surface area is 90.6 Å². The summed E-state index contributed by atoms with van der Waals surface area (Å²) >= 11 is 0.862. The first-order chi connectivity index (χ1) is 6.33. The van der Waals surface area contributed by atoms with Crippen LogP contribution in [-0.2, 0) is 4.74 Å². The second kappa shape index (κ2) is 5.85. The van der Waals surface area contributed by atoms with Crippen molar-refractivity contribution in [3.63, 3.8) is 0 Å². The molecule has 0 aliphatic heterocycles. The first-order valence-corrected chi connectivity index (χ1v) is 6.96. The number of carbonyl (C=O) groups is 1. The van der Waals surface area contributed by atoms with Crippen molar-refractivity contribution in [2.24, 2.45) is 0 Å². The van der Waals surface area contributed by atoms with Crippen molar-refractivity contribution < 1.29 is 9.53 Å². The Bertz CT molecular complexity index is 264. The third-order valence-electron chi connectivity index (χ3n) is 1.40. The summed E-state index contributed by atoms with van der Waals surface area (Å²) in [6.07, 6.45) is -0.368. The van der Waals surface area contributed by atoms with Crippen molar-refractivity contribution >= 4 is 34.3 Å². The molecule has 0 heterocycles. The molecule has 3 nitrogen and oxygen atoms in total. The Morgan fingerprint density at radius 3 is 2.69 bits per heavy atom. The predicted molar refractivity (Wildman–Crippen MR) is 54.8 cm³/mol. The van der Waals surface area contributed by atoms with Gasteiger partial charge in [-0.1, -0.05) is 0 Å². The number of amides is 1. The minimum absolute atomic E-state index is 0.368. The van der Waals surface area contributed by atoms with E-state index in [1.165, 1.54) is 0 Å². The molecule has 1 N–H and O–H groups in total. The van der Waals surface area contributed by atoms with Crippen LogP contribution in [0.4, 0.5) is 10.5 Å². The van der Waals surface area contributed by atoms with Gasteiger partial charge in [-0.3, -0.25) is 0 Å². The third-order valence-corrected chi connectivity index (χ3v) is 2.22. The Hall–Kier alpha value is -0.711. The van der Waals surface area contributed by atoms with Gasteiger partial charge in [-0.05, 0) is 0 Å². The van der Waals surface area contributed by atoms with Gasteiger partial charge in [0.15, 0.2) is 0 Å². The third kappa shape index (κ3) is 4.17. The molecule has 0 aliphatic carbocycles. The second-order valence-corrected chi connectivity index (χ2v) is 4.50. The zero-order valence-corrected chi connectivity index (χ0v) is 11.4. The van der Waals surface area contributed by atoms with E-state index in [1.54, 1.807) is 0 Å². The Morgan fingerprint density at radius 1 is 1.38 bits per heavy atom. The SMILES string of the molecule is O=C(Nc1ccccc1)OC[CH2][SnH2]. The molecule has 0 aromatic heterocycles. The molecule has 1 aromatic carbocycles. The van der Waals surface area contributed by atoms with Gasteiger partial charge in [-0.25, -0.2) is 0 Å². The first-order valence-electron chi connectivity index (χ1n) is 4.11. The summed E-state index contributed by atoms with van der Waals surface area (Å²) in [5.41, 5.74) is 0.767. The fraction of sp³-hybridized carbons (Fsp3) is 0.222. The van der Waals surface area contributed by atoms with Crippen molar-refractivity contribution in [2.75, 3.05) is 11.9 Å². The molecule has 1 aromatic rings. The number of para-hydroxylation sites is 1. The quantitative estimate of drug-likeness (QED) is 0.850. The molecule has 0 aliphatic rings. The number of rotatable bonds is 3. The summed E-state index contributed by atoms with van der Waals surface area (Å²) in [6, 6.07) is 9.27. The molecule has 13 heavy (non-hydrogen) atoms. The van der Waals surface area contributed by atoms with E-state index in [9.17, 15) is 4.79 Å². The monoisotopic (exact) mass is 286 g/mol. The number of hydrogen-bond acceptors (Lipinski definition) is 2. The average Bonchev–Trinajstić information content (AvgIpc) is 2.16. The van der Waals surface area contributed by atoms with Crippen molar-refractivity contribution in [2.45, 2.75) is 4.44 Å². The molecular formula is C9H12NO2Sn. The number of carbonyl (C=O) groups excluding carboxylic acids is 1. The van der Waals surface area contributed by atoms with Gasteiger partial charge in [-0.2, -0.15) is 0 Å². The number of hydrogen-bond donors (Lipinski definition) is 1. The number of nitrogens with one attached hydrogen (secondary N) is 1. The molecule has 1 amide bonds. The maximum atomic E-state index is 11.1. The van der Waals surface area contributed by atoms with Crippen molar-refractivity contribution in [1.82, 2.24) is 0 Å². The van der Waals surface area contributed by atoms with Crippen LogP contribution in [0.2, 0.25) is 4.44 Å². The van der Waals surface area contributed by atoms with Crippen LogP contribution in [0.5, 0.6) is 0 Å². The first kappa shape index (κ1) is 10.4. The number of benzene rings is 1. The van der Waals surface area contributed by atoms with Crippen LogP contribution in [0.15, 0.2) is 30.3 Å². The van der Waals surface area contributed by atoms with E-state index in [-0.39, 0.29) is 6.09 Å². The molecular weight excluding hydrogens is 273 g/mol. The Balaban J connectivity index is 2.37. The predicted octanol–water partition coefficient (Wildman–Crippen LogP) is 1.29. The van der Waals surface area contributed by atoms with Crippen LogP contribution in [-0.4, -0.2) is 35.2 Å². The zero-order chi connectivity index (χ0) is 9.52. The van der Waals surface area contributed by atoms with Gasteiger partial charge in [-0.15, -0.1) is 0 Å². The van der Waals surface area contributed by atoms with E-state index in [2.05, 4.69) is 5.32 Å². The Kier molecular flexibility index (Phi) is 4.67. The molecule has 1 rings (SSSR count). The standard InChI is InChI=1S/C9H10NO2.Sn.2H/c1-2-12-9(11)10-8-6-4-3-5-7-8;;;/h3-7H,1-2H2,(H,10,11);;;. The van der Waals surface area contributed by atoms with Gasteiger partial charge in [0, 0.05) is 0 Å². The zero-order valence-electron chi connectivity index (χ0n) is 7.32. The van der Waals surface area contributed by atoms with Gasteiger partial charge in [0.2, 0.25) is 0 Å². The van der Waals surface area contributed by atoms with Crippen LogP contribution in [0, 0.1) is 0 Å². The molecule has 0 fully saturated rings. The normalized spacial score (nSPS) is 9.31. The van der Waals surface area contributed by atoms with Gasteiger partial charge in [0.1, 0.15) is 0 Å². The molecule has 0 bridgehead atoms. The molecule has 0 spiro atoms. The second-order valence-electron chi connectivity index (χ2n) is 2.48. The van der Waals surface area contributed by atoms with Crippen LogP contribution in [0.3, 0.4) is 0 Å². The van der Waals surface area contributed by atoms with Crippen molar-refractivity contribution in [3.05, 3.63) is 30.3 Å². The Morgan fingerprint density at radius 2 is 2.08 bits per heavy atom. The van der Waals surface area contributed by atoms with Crippen LogP contribution in [0.25, 0.3) is 0 Å². The topological polar surface area (TPSA) is 38.3 Å². The number of anilines is 1. The molecule has 0 unspecified atom stereocenters. The van der Waals surface area contributed by atoms with Crippen LogP contribution >= 0.6 is 0 Å². The summed E-state index contributed by atoms with van der Waals surface area (Å²) in [4.78, 5) is 11.1. The van der Waals surface area contributed by atoms with Gasteiger partial charge >= 0.3 is 90.5 Å². The molecule has 4 heteroatoms. The molecule has 1 radical (unpaired) electrons. The molecule has 69 valence electrons. The van der Waals surface area contributed by atoms with Crippen LogP contribution in [0.1, 0.15) is 0 Å². The summed E-state index contributed by atoms with van der Waals surface area (Å²) in [7, 11) is 0. The minimum atomic E-state index is -0.368. The molecule has 0 saturated carbocycles. The maximum absolute atomic E-state index is 11.1. The molecule has 0 saturated heterocycles. The number of ether oxygens (including phenoxy) is 1. The van der Waals surface area contributed by atoms with E-state index in [4.69, 9.17) is 4.74 Å². The van der Waals surface area contributed by atoms with Gasteiger partial charge in [0.05, 0.1) is 0 Å². The summed E-state index contributed by atoms with van der Waals surface area (Å²) < 4.78 is 5.89. The van der Waals surface area contributed by atoms with E-state index in [0.29, 0.717) is 6.61 Å². The summed E-state index contributed by atoms with van der Waals surface area (Å²) in [6.45, 7) is 0.533. The van der Waals surface area contributed by atoms with Crippen molar-refractivity contribution in [3.8, 4) is 0 Å².